The summed E-state index contributed by atoms with van der Waals surface area (Å²) in [5.74, 6) is -1.40. The van der Waals surface area contributed by atoms with E-state index in [1.165, 1.54) is 6.07 Å². The van der Waals surface area contributed by atoms with Crippen LogP contribution in [0.3, 0.4) is 0 Å². The molecule has 1 heterocycles. The highest BCUT2D eigenvalue weighted by Gasteiger charge is 2.20. The lowest BCUT2D eigenvalue weighted by Crippen LogP contribution is -2.35. The number of hydrogen-bond acceptors (Lipinski definition) is 4. The Hall–Kier alpha value is -2.15. The number of carbonyl (C=O) groups excluding carboxylic acids is 2. The Morgan fingerprint density at radius 1 is 1.45 bits per heavy atom. The van der Waals surface area contributed by atoms with Crippen molar-refractivity contribution in [2.75, 3.05) is 5.73 Å². The van der Waals surface area contributed by atoms with Crippen LogP contribution in [0.25, 0.3) is 10.1 Å². The first-order valence-corrected chi connectivity index (χ1v) is 6.77. The number of carbonyl (C=O) groups is 2. The number of fused-ring (bicyclic) bond motifs is 1. The van der Waals surface area contributed by atoms with Crippen LogP contribution in [0.4, 0.5) is 10.1 Å². The molecule has 0 saturated heterocycles. The van der Waals surface area contributed by atoms with Crippen molar-refractivity contribution < 1.29 is 14.0 Å². The number of thiophene rings is 1. The minimum absolute atomic E-state index is 0.0326. The van der Waals surface area contributed by atoms with Crippen LogP contribution in [-0.2, 0) is 4.79 Å². The Bertz CT molecular complexity index is 684. The van der Waals surface area contributed by atoms with Crippen molar-refractivity contribution in [2.24, 2.45) is 5.73 Å². The molecule has 5 N–H and O–H groups in total. The van der Waals surface area contributed by atoms with Gasteiger partial charge in [0.1, 0.15) is 10.7 Å². The number of halogens is 1. The third-order valence-corrected chi connectivity index (χ3v) is 3.96. The molecule has 0 aliphatic rings. The van der Waals surface area contributed by atoms with Crippen LogP contribution in [0.1, 0.15) is 23.0 Å². The zero-order valence-corrected chi connectivity index (χ0v) is 11.6. The van der Waals surface area contributed by atoms with Gasteiger partial charge in [-0.2, -0.15) is 0 Å². The zero-order chi connectivity index (χ0) is 14.9. The maximum absolute atomic E-state index is 13.7. The van der Waals surface area contributed by atoms with Crippen LogP contribution in [0.5, 0.6) is 0 Å². The van der Waals surface area contributed by atoms with Gasteiger partial charge in [-0.3, -0.25) is 9.59 Å². The second-order valence-corrected chi connectivity index (χ2v) is 5.55. The molecule has 1 aromatic carbocycles. The normalized spacial score (nSPS) is 12.3. The van der Waals surface area contributed by atoms with Crippen LogP contribution in [0, 0.1) is 5.82 Å². The quantitative estimate of drug-likeness (QED) is 0.799. The molecule has 20 heavy (non-hydrogen) atoms. The molecule has 1 unspecified atom stereocenters. The topological polar surface area (TPSA) is 98.2 Å². The molecule has 7 heteroatoms. The maximum atomic E-state index is 13.7. The van der Waals surface area contributed by atoms with E-state index in [0.717, 1.165) is 11.3 Å². The van der Waals surface area contributed by atoms with Gasteiger partial charge >= 0.3 is 0 Å². The van der Waals surface area contributed by atoms with E-state index >= 15 is 0 Å². The molecule has 0 spiro atoms. The fourth-order valence-electron chi connectivity index (χ4n) is 1.94. The van der Waals surface area contributed by atoms with Gasteiger partial charge in [0.15, 0.2) is 0 Å². The third-order valence-electron chi connectivity index (χ3n) is 2.79. The molecule has 0 fully saturated rings. The molecule has 2 aromatic rings. The molecule has 2 amide bonds. The van der Waals surface area contributed by atoms with Crippen molar-refractivity contribution >= 4 is 38.9 Å². The molecule has 2 rings (SSSR count). The van der Waals surface area contributed by atoms with Crippen molar-refractivity contribution in [3.63, 3.8) is 0 Å². The van der Waals surface area contributed by atoms with Gasteiger partial charge in [-0.1, -0.05) is 6.07 Å². The Kier molecular flexibility index (Phi) is 3.89. The van der Waals surface area contributed by atoms with Crippen molar-refractivity contribution in [1.82, 2.24) is 5.32 Å². The molecular weight excluding hydrogens is 281 g/mol. The van der Waals surface area contributed by atoms with Gasteiger partial charge in [0.05, 0.1) is 11.1 Å². The molecule has 106 valence electrons. The summed E-state index contributed by atoms with van der Waals surface area (Å²) in [6.07, 6.45) is 0.0326. The first-order valence-electron chi connectivity index (χ1n) is 5.95. The summed E-state index contributed by atoms with van der Waals surface area (Å²) >= 11 is 1.11. The van der Waals surface area contributed by atoms with Gasteiger partial charge in [0.25, 0.3) is 5.91 Å². The van der Waals surface area contributed by atoms with Crippen molar-refractivity contribution in [1.29, 1.82) is 0 Å². The first kappa shape index (κ1) is 14.3. The number of rotatable bonds is 4. The number of anilines is 1. The molecule has 0 aliphatic heterocycles. The second-order valence-electron chi connectivity index (χ2n) is 4.50. The SMILES string of the molecule is CC(CC(N)=O)NC(=O)c1sc2cccc(F)c2c1N. The summed E-state index contributed by atoms with van der Waals surface area (Å²) in [6, 6.07) is 4.14. The number of nitrogens with two attached hydrogens (primary N) is 2. The molecular formula is C13H14FN3O2S. The number of amides is 2. The molecule has 0 bridgehead atoms. The van der Waals surface area contributed by atoms with E-state index in [0.29, 0.717) is 4.70 Å². The van der Waals surface area contributed by atoms with Crippen LogP contribution in [0.15, 0.2) is 18.2 Å². The highest BCUT2D eigenvalue weighted by molar-refractivity contribution is 7.21. The summed E-state index contributed by atoms with van der Waals surface area (Å²) in [7, 11) is 0. The predicted octanol–water partition coefficient (Wildman–Crippen LogP) is 1.62. The monoisotopic (exact) mass is 295 g/mol. The second kappa shape index (κ2) is 5.46. The lowest BCUT2D eigenvalue weighted by Gasteiger charge is -2.11. The van der Waals surface area contributed by atoms with Gasteiger partial charge in [0, 0.05) is 17.2 Å². The third kappa shape index (κ3) is 2.72. The van der Waals surface area contributed by atoms with Crippen molar-refractivity contribution in [3.8, 4) is 0 Å². The molecule has 0 radical (unpaired) electrons. The Labute approximate surface area is 118 Å². The summed E-state index contributed by atoms with van der Waals surface area (Å²) in [5, 5.41) is 2.87. The van der Waals surface area contributed by atoms with Crippen molar-refractivity contribution in [3.05, 3.63) is 28.9 Å². The standard InChI is InChI=1S/C13H14FN3O2S/c1-6(5-9(15)18)17-13(19)12-11(16)10-7(14)3-2-4-8(10)20-12/h2-4,6H,5,16H2,1H3,(H2,15,18)(H,17,19). The lowest BCUT2D eigenvalue weighted by atomic mass is 10.2. The lowest BCUT2D eigenvalue weighted by molar-refractivity contribution is -0.118. The van der Waals surface area contributed by atoms with E-state index in [2.05, 4.69) is 5.32 Å². The van der Waals surface area contributed by atoms with Crippen molar-refractivity contribution in [2.45, 2.75) is 19.4 Å². The Morgan fingerprint density at radius 2 is 2.15 bits per heavy atom. The summed E-state index contributed by atoms with van der Waals surface area (Å²) < 4.78 is 14.3. The minimum Gasteiger partial charge on any atom is -0.397 e. The van der Waals surface area contributed by atoms with E-state index in [4.69, 9.17) is 11.5 Å². The Balaban J connectivity index is 2.29. The van der Waals surface area contributed by atoms with E-state index in [1.54, 1.807) is 19.1 Å². The number of hydrogen-bond donors (Lipinski definition) is 3. The average molecular weight is 295 g/mol. The zero-order valence-electron chi connectivity index (χ0n) is 10.8. The highest BCUT2D eigenvalue weighted by Crippen LogP contribution is 2.35. The average Bonchev–Trinajstić information content (AvgIpc) is 2.67. The highest BCUT2D eigenvalue weighted by atomic mass is 32.1. The molecule has 0 aliphatic carbocycles. The van der Waals surface area contributed by atoms with E-state index in [-0.39, 0.29) is 22.4 Å². The molecule has 1 atom stereocenters. The van der Waals surface area contributed by atoms with Crippen LogP contribution in [0.2, 0.25) is 0 Å². The summed E-state index contributed by atoms with van der Waals surface area (Å²) in [6.45, 7) is 1.66. The van der Waals surface area contributed by atoms with E-state index < -0.39 is 23.7 Å². The fraction of sp³-hybridized carbons (Fsp3) is 0.231. The van der Waals surface area contributed by atoms with Crippen LogP contribution < -0.4 is 16.8 Å². The number of nitrogens with one attached hydrogen (secondary N) is 1. The van der Waals surface area contributed by atoms with Gasteiger partial charge < -0.3 is 16.8 Å². The summed E-state index contributed by atoms with van der Waals surface area (Å²) in [4.78, 5) is 23.1. The molecule has 1 aromatic heterocycles. The van der Waals surface area contributed by atoms with E-state index in [9.17, 15) is 14.0 Å². The first-order chi connectivity index (χ1) is 9.40. The van der Waals surface area contributed by atoms with Gasteiger partial charge in [-0.25, -0.2) is 4.39 Å². The van der Waals surface area contributed by atoms with Crippen LogP contribution >= 0.6 is 11.3 Å². The molecule has 0 saturated carbocycles. The van der Waals surface area contributed by atoms with Gasteiger partial charge in [0.2, 0.25) is 5.91 Å². The Morgan fingerprint density at radius 3 is 2.75 bits per heavy atom. The van der Waals surface area contributed by atoms with Gasteiger partial charge in [-0.15, -0.1) is 11.3 Å². The number of nitrogen functional groups attached to an aromatic ring is 1. The predicted molar refractivity (Wildman–Crippen MR) is 76.9 cm³/mol. The smallest absolute Gasteiger partial charge is 0.263 e. The fourth-order valence-corrected chi connectivity index (χ4v) is 2.98. The maximum Gasteiger partial charge on any atom is 0.263 e. The number of benzene rings is 1. The largest absolute Gasteiger partial charge is 0.397 e. The number of primary amides is 1. The summed E-state index contributed by atoms with van der Waals surface area (Å²) in [5.41, 5.74) is 11.0. The van der Waals surface area contributed by atoms with Crippen LogP contribution in [-0.4, -0.2) is 17.9 Å². The minimum atomic E-state index is -0.506. The molecule has 5 nitrogen and oxygen atoms in total. The van der Waals surface area contributed by atoms with E-state index in [1.807, 2.05) is 0 Å². The van der Waals surface area contributed by atoms with Gasteiger partial charge in [-0.05, 0) is 19.1 Å².